The van der Waals surface area contributed by atoms with E-state index in [1.165, 1.54) is 22.1 Å². The van der Waals surface area contributed by atoms with Gasteiger partial charge in [-0.15, -0.1) is 0 Å². The smallest absolute Gasteiger partial charge is 0.243 e. The Morgan fingerprint density at radius 2 is 2.07 bits per heavy atom. The Balaban J connectivity index is 1.70. The van der Waals surface area contributed by atoms with E-state index in [2.05, 4.69) is 10.3 Å². The van der Waals surface area contributed by atoms with E-state index in [9.17, 15) is 13.2 Å². The minimum atomic E-state index is -3.64. The summed E-state index contributed by atoms with van der Waals surface area (Å²) >= 11 is 7.25. The van der Waals surface area contributed by atoms with Gasteiger partial charge in [0.2, 0.25) is 15.9 Å². The first-order chi connectivity index (χ1) is 13.4. The molecule has 1 N–H and O–H groups in total. The van der Waals surface area contributed by atoms with E-state index >= 15 is 0 Å². The molecule has 150 valence electrons. The van der Waals surface area contributed by atoms with Gasteiger partial charge in [0.25, 0.3) is 0 Å². The van der Waals surface area contributed by atoms with Crippen LogP contribution in [0.3, 0.4) is 0 Å². The molecule has 10 heteroatoms. The molecule has 28 heavy (non-hydrogen) atoms. The first kappa shape index (κ1) is 21.1. The summed E-state index contributed by atoms with van der Waals surface area (Å²) in [6, 6.07) is 8.29. The Labute approximate surface area is 173 Å². The van der Waals surface area contributed by atoms with Crippen molar-refractivity contribution in [1.82, 2.24) is 9.29 Å². The fourth-order valence-electron chi connectivity index (χ4n) is 2.69. The van der Waals surface area contributed by atoms with Crippen LogP contribution in [0.1, 0.15) is 5.56 Å². The normalized spacial score (nSPS) is 15.4. The Morgan fingerprint density at radius 3 is 2.79 bits per heavy atom. The highest BCUT2D eigenvalue weighted by molar-refractivity contribution is 8.00. The maximum Gasteiger partial charge on any atom is 0.243 e. The zero-order chi connectivity index (χ0) is 20.1. The second-order valence-electron chi connectivity index (χ2n) is 6.12. The van der Waals surface area contributed by atoms with Crippen molar-refractivity contribution in [3.05, 3.63) is 47.1 Å². The maximum absolute atomic E-state index is 12.9. The molecule has 0 radical (unpaired) electrons. The molecule has 1 aliphatic heterocycles. The van der Waals surface area contributed by atoms with Crippen LogP contribution in [0.5, 0.6) is 0 Å². The predicted molar refractivity (Wildman–Crippen MR) is 109 cm³/mol. The van der Waals surface area contributed by atoms with E-state index in [0.717, 1.165) is 0 Å². The molecule has 1 saturated heterocycles. The van der Waals surface area contributed by atoms with Crippen LogP contribution in [0, 0.1) is 6.92 Å². The summed E-state index contributed by atoms with van der Waals surface area (Å²) in [6.45, 7) is 3.13. The average Bonchev–Trinajstić information content (AvgIpc) is 2.69. The van der Waals surface area contributed by atoms with E-state index in [0.29, 0.717) is 47.6 Å². The highest BCUT2D eigenvalue weighted by atomic mass is 35.5. The number of aryl methyl sites for hydroxylation is 1. The van der Waals surface area contributed by atoms with E-state index < -0.39 is 10.0 Å². The average molecular weight is 442 g/mol. The van der Waals surface area contributed by atoms with Crippen LogP contribution in [-0.4, -0.2) is 55.7 Å². The number of carbonyl (C=O) groups excluding carboxylic acids is 1. The van der Waals surface area contributed by atoms with Crippen LogP contribution < -0.4 is 5.32 Å². The van der Waals surface area contributed by atoms with Gasteiger partial charge < -0.3 is 10.1 Å². The molecule has 2 aromatic rings. The second-order valence-corrected chi connectivity index (χ2v) is 9.40. The summed E-state index contributed by atoms with van der Waals surface area (Å²) in [4.78, 5) is 16.6. The van der Waals surface area contributed by atoms with Crippen LogP contribution in [0.25, 0.3) is 0 Å². The topological polar surface area (TPSA) is 88.6 Å². The fraction of sp³-hybridized carbons (Fsp3) is 0.333. The van der Waals surface area contributed by atoms with Gasteiger partial charge in [-0.05, 0) is 36.8 Å². The first-order valence-corrected chi connectivity index (χ1v) is 11.4. The second kappa shape index (κ2) is 9.23. The number of morpholine rings is 1. The van der Waals surface area contributed by atoms with Gasteiger partial charge in [-0.25, -0.2) is 13.4 Å². The van der Waals surface area contributed by atoms with Crippen LogP contribution in [0.15, 0.2) is 46.5 Å². The highest BCUT2D eigenvalue weighted by Gasteiger charge is 2.28. The quantitative estimate of drug-likeness (QED) is 0.693. The monoisotopic (exact) mass is 441 g/mol. The number of amides is 1. The lowest BCUT2D eigenvalue weighted by Crippen LogP contribution is -2.40. The number of hydrogen-bond acceptors (Lipinski definition) is 6. The van der Waals surface area contributed by atoms with Crippen LogP contribution in [0.2, 0.25) is 5.02 Å². The van der Waals surface area contributed by atoms with Crippen molar-refractivity contribution in [3.63, 3.8) is 0 Å². The Morgan fingerprint density at radius 1 is 1.32 bits per heavy atom. The van der Waals surface area contributed by atoms with Gasteiger partial charge in [0.15, 0.2) is 0 Å². The Bertz CT molecular complexity index is 963. The molecule has 3 rings (SSSR count). The summed E-state index contributed by atoms with van der Waals surface area (Å²) in [5, 5.41) is 3.79. The van der Waals surface area contributed by atoms with E-state index in [1.54, 1.807) is 37.4 Å². The van der Waals surface area contributed by atoms with Gasteiger partial charge in [-0.3, -0.25) is 4.79 Å². The Kier molecular flexibility index (Phi) is 6.95. The first-order valence-electron chi connectivity index (χ1n) is 8.59. The van der Waals surface area contributed by atoms with Crippen molar-refractivity contribution in [3.8, 4) is 0 Å². The summed E-state index contributed by atoms with van der Waals surface area (Å²) in [5.74, 6) is -0.166. The fourth-order valence-corrected chi connectivity index (χ4v) is 5.32. The molecular formula is C18H20ClN3O4S2. The number of anilines is 1. The number of nitrogens with zero attached hydrogens (tertiary/aromatic N) is 2. The third kappa shape index (κ3) is 5.03. The summed E-state index contributed by atoms with van der Waals surface area (Å²) in [5.41, 5.74) is 1.05. The van der Waals surface area contributed by atoms with Gasteiger partial charge in [-0.2, -0.15) is 4.31 Å². The highest BCUT2D eigenvalue weighted by Crippen LogP contribution is 2.26. The third-order valence-electron chi connectivity index (χ3n) is 4.12. The molecule has 1 aromatic carbocycles. The minimum Gasteiger partial charge on any atom is -0.379 e. The van der Waals surface area contributed by atoms with Gasteiger partial charge in [0.1, 0.15) is 5.03 Å². The lowest BCUT2D eigenvalue weighted by atomic mass is 10.2. The summed E-state index contributed by atoms with van der Waals surface area (Å²) in [6.07, 6.45) is 1.61. The molecule has 0 unspecified atom stereocenters. The number of ether oxygens (including phenoxy) is 1. The molecule has 1 amide bonds. The van der Waals surface area contributed by atoms with E-state index in [1.807, 2.05) is 0 Å². The lowest BCUT2D eigenvalue weighted by Gasteiger charge is -2.26. The van der Waals surface area contributed by atoms with E-state index in [-0.39, 0.29) is 16.6 Å². The van der Waals surface area contributed by atoms with Crippen molar-refractivity contribution in [1.29, 1.82) is 0 Å². The minimum absolute atomic E-state index is 0.107. The molecule has 0 aliphatic carbocycles. The molecule has 0 bridgehead atoms. The standard InChI is InChI=1S/C18H20ClN3O4S2/c1-13-4-5-14(11-16(13)28(24,25)22-7-9-26-10-8-22)21-17(23)12-27-18-15(19)3-2-6-20-18/h2-6,11H,7-10,12H2,1H3,(H,21,23). The molecule has 7 nitrogen and oxygen atoms in total. The molecule has 0 saturated carbocycles. The van der Waals surface area contributed by atoms with Crippen molar-refractivity contribution >= 4 is 45.0 Å². The van der Waals surface area contributed by atoms with Gasteiger partial charge in [0.05, 0.1) is 28.9 Å². The number of halogens is 1. The number of carbonyl (C=O) groups is 1. The lowest BCUT2D eigenvalue weighted by molar-refractivity contribution is -0.113. The van der Waals surface area contributed by atoms with Gasteiger partial charge in [-0.1, -0.05) is 29.4 Å². The maximum atomic E-state index is 12.9. The number of pyridine rings is 1. The summed E-state index contributed by atoms with van der Waals surface area (Å²) in [7, 11) is -3.64. The van der Waals surface area contributed by atoms with Crippen molar-refractivity contribution < 1.29 is 17.9 Å². The van der Waals surface area contributed by atoms with E-state index in [4.69, 9.17) is 16.3 Å². The van der Waals surface area contributed by atoms with Crippen LogP contribution in [-0.2, 0) is 19.6 Å². The van der Waals surface area contributed by atoms with Gasteiger partial charge >= 0.3 is 0 Å². The molecular weight excluding hydrogens is 422 g/mol. The van der Waals surface area contributed by atoms with Crippen LogP contribution in [0.4, 0.5) is 5.69 Å². The SMILES string of the molecule is Cc1ccc(NC(=O)CSc2ncccc2Cl)cc1S(=O)(=O)N1CCOCC1. The van der Waals surface area contributed by atoms with Crippen LogP contribution >= 0.6 is 23.4 Å². The largest absolute Gasteiger partial charge is 0.379 e. The molecule has 1 aliphatic rings. The number of rotatable bonds is 6. The number of hydrogen-bond donors (Lipinski definition) is 1. The molecule has 2 heterocycles. The van der Waals surface area contributed by atoms with Crippen molar-refractivity contribution in [2.45, 2.75) is 16.8 Å². The van der Waals surface area contributed by atoms with Crippen molar-refractivity contribution in [2.75, 3.05) is 37.4 Å². The summed E-state index contributed by atoms with van der Waals surface area (Å²) < 4.78 is 32.5. The number of thioether (sulfide) groups is 1. The third-order valence-corrected chi connectivity index (χ3v) is 7.59. The molecule has 1 fully saturated rings. The number of aromatic nitrogens is 1. The molecule has 0 atom stereocenters. The zero-order valence-corrected chi connectivity index (χ0v) is 17.6. The van der Waals surface area contributed by atoms with Gasteiger partial charge in [0, 0.05) is 25.0 Å². The number of benzene rings is 1. The van der Waals surface area contributed by atoms with Crippen molar-refractivity contribution in [2.24, 2.45) is 0 Å². The number of sulfonamides is 1. The Hall–Kier alpha value is -1.65. The number of nitrogens with one attached hydrogen (secondary N) is 1. The molecule has 0 spiro atoms. The zero-order valence-electron chi connectivity index (χ0n) is 15.2. The predicted octanol–water partition coefficient (Wildman–Crippen LogP) is 2.80. The molecule has 1 aromatic heterocycles.